The number of nitrogens with one attached hydrogen (secondary N) is 2. The number of hydrogen-bond acceptors (Lipinski definition) is 7. The molecule has 3 rings (SSSR count). The fourth-order valence-electron chi connectivity index (χ4n) is 2.88. The number of hydrogen-bond donors (Lipinski definition) is 4. The third kappa shape index (κ3) is 8.04. The minimum absolute atomic E-state index is 0.159. The molecule has 32 heavy (non-hydrogen) atoms. The van der Waals surface area contributed by atoms with Crippen molar-refractivity contribution in [2.75, 3.05) is 25.0 Å². The number of thiophene rings is 1. The first-order chi connectivity index (χ1) is 15.2. The molecular formula is C20H25N3O7S2. The summed E-state index contributed by atoms with van der Waals surface area (Å²) in [6.45, 7) is 2.01. The molecule has 0 saturated carbocycles. The average molecular weight is 484 g/mol. The molecule has 0 atom stereocenters. The quantitative estimate of drug-likeness (QED) is 0.435. The van der Waals surface area contributed by atoms with Crippen LogP contribution in [-0.4, -0.2) is 60.4 Å². The maximum Gasteiger partial charge on any atom is 0.414 e. The van der Waals surface area contributed by atoms with Crippen LogP contribution < -0.4 is 10.6 Å². The van der Waals surface area contributed by atoms with Crippen molar-refractivity contribution >= 4 is 44.9 Å². The van der Waals surface area contributed by atoms with E-state index >= 15 is 0 Å². The highest BCUT2D eigenvalue weighted by molar-refractivity contribution is 7.89. The van der Waals surface area contributed by atoms with Crippen molar-refractivity contribution < 1.29 is 33.0 Å². The Morgan fingerprint density at radius 2 is 1.59 bits per heavy atom. The molecule has 1 aliphatic heterocycles. The van der Waals surface area contributed by atoms with E-state index < -0.39 is 22.0 Å². The fourth-order valence-corrected chi connectivity index (χ4v) is 5.07. The van der Waals surface area contributed by atoms with Crippen molar-refractivity contribution in [3.05, 3.63) is 46.7 Å². The van der Waals surface area contributed by atoms with Crippen LogP contribution in [0.5, 0.6) is 0 Å². The van der Waals surface area contributed by atoms with Gasteiger partial charge in [-0.15, -0.1) is 11.3 Å². The molecule has 1 aliphatic rings. The molecule has 174 valence electrons. The molecule has 4 N–H and O–H groups in total. The van der Waals surface area contributed by atoms with Gasteiger partial charge in [0, 0.05) is 30.2 Å². The lowest BCUT2D eigenvalue weighted by Gasteiger charge is -2.25. The summed E-state index contributed by atoms with van der Waals surface area (Å²) in [6.07, 6.45) is 2.90. The van der Waals surface area contributed by atoms with E-state index in [2.05, 4.69) is 10.6 Å². The van der Waals surface area contributed by atoms with Gasteiger partial charge in [0.2, 0.25) is 15.9 Å². The smallest absolute Gasteiger partial charge is 0.414 e. The van der Waals surface area contributed by atoms with Crippen molar-refractivity contribution in [3.63, 3.8) is 0 Å². The number of aliphatic carboxylic acids is 2. The number of rotatable bonds is 7. The third-order valence-corrected chi connectivity index (χ3v) is 7.23. The van der Waals surface area contributed by atoms with E-state index in [9.17, 15) is 13.2 Å². The maximum absolute atomic E-state index is 12.6. The molecule has 0 aliphatic carbocycles. The van der Waals surface area contributed by atoms with E-state index in [4.69, 9.17) is 19.8 Å². The van der Waals surface area contributed by atoms with Gasteiger partial charge in [-0.25, -0.2) is 18.0 Å². The molecule has 12 heteroatoms. The summed E-state index contributed by atoms with van der Waals surface area (Å²) in [5.41, 5.74) is 0.588. The van der Waals surface area contributed by atoms with Crippen molar-refractivity contribution in [2.45, 2.75) is 30.7 Å². The predicted molar refractivity (Wildman–Crippen MR) is 119 cm³/mol. The molecule has 10 nitrogen and oxygen atoms in total. The summed E-state index contributed by atoms with van der Waals surface area (Å²) in [7, 11) is -3.44. The second-order valence-corrected chi connectivity index (χ2v) is 9.80. The molecular weight excluding hydrogens is 458 g/mol. The van der Waals surface area contributed by atoms with Gasteiger partial charge in [0.1, 0.15) is 0 Å². The largest absolute Gasteiger partial charge is 0.473 e. The Labute approximate surface area is 189 Å². The number of carbonyl (C=O) groups excluding carboxylic acids is 1. The molecule has 0 unspecified atom stereocenters. The fraction of sp³-hybridized carbons (Fsp3) is 0.350. The molecule has 1 aromatic heterocycles. The number of piperidine rings is 1. The highest BCUT2D eigenvalue weighted by Gasteiger charge is 2.25. The Kier molecular flexibility index (Phi) is 9.78. The van der Waals surface area contributed by atoms with Gasteiger partial charge in [-0.2, -0.15) is 4.31 Å². The van der Waals surface area contributed by atoms with Crippen LogP contribution in [0.15, 0.2) is 46.7 Å². The van der Waals surface area contributed by atoms with Crippen molar-refractivity contribution in [1.29, 1.82) is 0 Å². The molecule has 0 radical (unpaired) electrons. The lowest BCUT2D eigenvalue weighted by Crippen LogP contribution is -2.35. The van der Waals surface area contributed by atoms with Gasteiger partial charge >= 0.3 is 11.9 Å². The average Bonchev–Trinajstić information content (AvgIpc) is 3.29. The van der Waals surface area contributed by atoms with Crippen LogP contribution in [0.25, 0.3) is 0 Å². The summed E-state index contributed by atoms with van der Waals surface area (Å²) in [5.74, 6) is -3.81. The van der Waals surface area contributed by atoms with E-state index in [1.807, 2.05) is 17.5 Å². The zero-order valence-corrected chi connectivity index (χ0v) is 18.8. The minimum Gasteiger partial charge on any atom is -0.473 e. The van der Waals surface area contributed by atoms with E-state index in [0.717, 1.165) is 19.3 Å². The number of sulfonamides is 1. The number of carboxylic acid groups (broad SMARTS) is 2. The van der Waals surface area contributed by atoms with Crippen LogP contribution in [0.3, 0.4) is 0 Å². The Balaban J connectivity index is 0.000000534. The monoisotopic (exact) mass is 483 g/mol. The highest BCUT2D eigenvalue weighted by Crippen LogP contribution is 2.21. The minimum atomic E-state index is -3.44. The summed E-state index contributed by atoms with van der Waals surface area (Å²) >= 11 is 1.64. The Hall–Kier alpha value is -2.80. The second kappa shape index (κ2) is 12.3. The van der Waals surface area contributed by atoms with E-state index in [1.54, 1.807) is 39.9 Å². The lowest BCUT2D eigenvalue weighted by molar-refractivity contribution is -0.159. The summed E-state index contributed by atoms with van der Waals surface area (Å²) in [4.78, 5) is 31.6. The first kappa shape index (κ1) is 25.5. The molecule has 1 aromatic carbocycles. The van der Waals surface area contributed by atoms with Crippen molar-refractivity contribution in [1.82, 2.24) is 9.62 Å². The zero-order chi connectivity index (χ0) is 23.6. The lowest BCUT2D eigenvalue weighted by atomic mass is 10.2. The number of anilines is 1. The van der Waals surface area contributed by atoms with Crippen LogP contribution in [0, 0.1) is 0 Å². The molecule has 2 heterocycles. The van der Waals surface area contributed by atoms with Gasteiger partial charge in [-0.05, 0) is 48.6 Å². The molecule has 0 bridgehead atoms. The number of carbonyl (C=O) groups is 3. The third-order valence-electron chi connectivity index (χ3n) is 4.44. The predicted octanol–water partition coefficient (Wildman–Crippen LogP) is 1.81. The molecule has 2 aromatic rings. The molecule has 1 fully saturated rings. The van der Waals surface area contributed by atoms with Gasteiger partial charge in [-0.1, -0.05) is 12.5 Å². The van der Waals surface area contributed by atoms with E-state index in [0.29, 0.717) is 25.3 Å². The van der Waals surface area contributed by atoms with Crippen LogP contribution in [0.1, 0.15) is 24.1 Å². The van der Waals surface area contributed by atoms with Crippen LogP contribution in [0.4, 0.5) is 5.69 Å². The Morgan fingerprint density at radius 3 is 2.12 bits per heavy atom. The first-order valence-electron chi connectivity index (χ1n) is 9.79. The van der Waals surface area contributed by atoms with Crippen molar-refractivity contribution in [2.24, 2.45) is 0 Å². The van der Waals surface area contributed by atoms with Crippen molar-refractivity contribution in [3.8, 4) is 0 Å². The van der Waals surface area contributed by atoms with Gasteiger partial charge in [0.25, 0.3) is 0 Å². The number of amides is 1. The zero-order valence-electron chi connectivity index (χ0n) is 17.2. The Bertz CT molecular complexity index is 988. The second-order valence-electron chi connectivity index (χ2n) is 6.83. The summed E-state index contributed by atoms with van der Waals surface area (Å²) in [5, 5.41) is 22.6. The standard InChI is InChI=1S/C18H23N3O3S2.C2H2O4/c22-18(14-19-13-16-5-4-12-25-16)20-15-6-8-17(9-7-15)26(23,24)21-10-2-1-3-11-21;3-1(4)2(5)6/h4-9,12,19H,1-3,10-11,13-14H2,(H,20,22);(H,3,4)(H,5,6). The summed E-state index contributed by atoms with van der Waals surface area (Å²) < 4.78 is 26.7. The van der Waals surface area contributed by atoms with Gasteiger partial charge in [0.15, 0.2) is 0 Å². The molecule has 0 spiro atoms. The maximum atomic E-state index is 12.6. The Morgan fingerprint density at radius 1 is 0.969 bits per heavy atom. The van der Waals surface area contributed by atoms with Gasteiger partial charge in [0.05, 0.1) is 11.4 Å². The topological polar surface area (TPSA) is 153 Å². The van der Waals surface area contributed by atoms with Crippen LogP contribution in [-0.2, 0) is 31.0 Å². The number of benzene rings is 1. The van der Waals surface area contributed by atoms with E-state index in [-0.39, 0.29) is 17.3 Å². The van der Waals surface area contributed by atoms with Crippen LogP contribution >= 0.6 is 11.3 Å². The normalized spacial score (nSPS) is 14.1. The summed E-state index contributed by atoms with van der Waals surface area (Å²) in [6, 6.07) is 10.4. The highest BCUT2D eigenvalue weighted by atomic mass is 32.2. The molecule has 1 saturated heterocycles. The van der Waals surface area contributed by atoms with E-state index in [1.165, 1.54) is 4.88 Å². The number of carboxylic acids is 2. The number of nitrogens with zero attached hydrogens (tertiary/aromatic N) is 1. The first-order valence-corrected chi connectivity index (χ1v) is 12.1. The van der Waals surface area contributed by atoms with Crippen LogP contribution in [0.2, 0.25) is 0 Å². The van der Waals surface area contributed by atoms with Gasteiger partial charge < -0.3 is 20.8 Å². The van der Waals surface area contributed by atoms with Gasteiger partial charge in [-0.3, -0.25) is 4.79 Å². The molecule has 1 amide bonds. The SMILES string of the molecule is O=C(CNCc1cccs1)Nc1ccc(S(=O)(=O)N2CCCCC2)cc1.O=C(O)C(=O)O.